The van der Waals surface area contributed by atoms with Crippen LogP contribution in [0.3, 0.4) is 0 Å². The number of hydrogen-bond acceptors (Lipinski definition) is 2. The predicted molar refractivity (Wildman–Crippen MR) is 105 cm³/mol. The summed E-state index contributed by atoms with van der Waals surface area (Å²) in [5.41, 5.74) is 2.15. The Hall–Kier alpha value is -2.82. The highest BCUT2D eigenvalue weighted by Crippen LogP contribution is 2.36. The van der Waals surface area contributed by atoms with Crippen molar-refractivity contribution in [3.63, 3.8) is 0 Å². The number of aromatic hydroxyl groups is 1. The molecule has 0 aliphatic carbocycles. The van der Waals surface area contributed by atoms with E-state index in [0.29, 0.717) is 24.1 Å². The molecule has 0 spiro atoms. The fourth-order valence-electron chi connectivity index (χ4n) is 3.09. The third-order valence-electron chi connectivity index (χ3n) is 4.72. The lowest BCUT2D eigenvalue weighted by molar-refractivity contribution is -0.0197. The van der Waals surface area contributed by atoms with Gasteiger partial charge in [0.25, 0.3) is 5.92 Å². The summed E-state index contributed by atoms with van der Waals surface area (Å²) in [6, 6.07) is 16.6. The highest BCUT2D eigenvalue weighted by molar-refractivity contribution is 5.69. The Morgan fingerprint density at radius 1 is 0.821 bits per heavy atom. The smallest absolute Gasteiger partial charge is 0.277 e. The first-order valence-electron chi connectivity index (χ1n) is 9.35. The van der Waals surface area contributed by atoms with Gasteiger partial charge in [-0.25, -0.2) is 13.8 Å². The molecule has 3 rings (SSSR count). The summed E-state index contributed by atoms with van der Waals surface area (Å²) in [5.74, 6) is -4.15. The minimum Gasteiger partial charge on any atom is -0.508 e. The molecule has 1 heterocycles. The lowest BCUT2D eigenvalue weighted by atomic mass is 10.0. The van der Waals surface area contributed by atoms with Crippen molar-refractivity contribution in [3.8, 4) is 28.1 Å². The highest BCUT2D eigenvalue weighted by Gasteiger charge is 2.34. The molecule has 1 aromatic heterocycles. The van der Waals surface area contributed by atoms with Gasteiger partial charge in [-0.3, -0.25) is 0 Å². The van der Waals surface area contributed by atoms with Crippen molar-refractivity contribution in [3.05, 3.63) is 72.2 Å². The van der Waals surface area contributed by atoms with Crippen molar-refractivity contribution in [2.75, 3.05) is 0 Å². The zero-order chi connectivity index (χ0) is 20.1. The van der Waals surface area contributed by atoms with Crippen LogP contribution in [-0.2, 0) is 5.92 Å². The molecule has 0 bridgehead atoms. The van der Waals surface area contributed by atoms with Crippen molar-refractivity contribution in [2.24, 2.45) is 0 Å². The Labute approximate surface area is 162 Å². The molecular weight excluding hydrogens is 363 g/mol. The zero-order valence-electron chi connectivity index (χ0n) is 15.6. The van der Waals surface area contributed by atoms with E-state index in [0.717, 1.165) is 23.6 Å². The van der Waals surface area contributed by atoms with E-state index in [2.05, 4.69) is 4.98 Å². The van der Waals surface area contributed by atoms with E-state index in [1.807, 2.05) is 19.1 Å². The molecule has 2 nitrogen and oxygen atoms in total. The predicted octanol–water partition coefficient (Wildman–Crippen LogP) is 6.93. The Bertz CT molecular complexity index is 922. The van der Waals surface area contributed by atoms with Gasteiger partial charge in [0, 0.05) is 12.0 Å². The fourth-order valence-corrected chi connectivity index (χ4v) is 3.09. The topological polar surface area (TPSA) is 33.1 Å². The van der Waals surface area contributed by atoms with E-state index in [4.69, 9.17) is 0 Å². The van der Waals surface area contributed by atoms with Crippen LogP contribution in [-0.4, -0.2) is 10.1 Å². The average molecular weight is 385 g/mol. The highest BCUT2D eigenvalue weighted by atomic mass is 19.3. The summed E-state index contributed by atoms with van der Waals surface area (Å²) in [7, 11) is 0. The number of nitrogens with zero attached hydrogens (tertiary/aromatic N) is 1. The maximum atomic E-state index is 14.3. The summed E-state index contributed by atoms with van der Waals surface area (Å²) >= 11 is 0. The Morgan fingerprint density at radius 3 is 1.96 bits per heavy atom. The number of pyridine rings is 1. The Balaban J connectivity index is 1.80. The van der Waals surface area contributed by atoms with Crippen LogP contribution >= 0.6 is 0 Å². The Morgan fingerprint density at radius 2 is 1.39 bits per heavy atom. The molecule has 0 amide bonds. The van der Waals surface area contributed by atoms with Crippen molar-refractivity contribution >= 4 is 0 Å². The SMILES string of the molecule is CCCCCC(F)(F)c1ccc(-c2ccc(-c3ccc(O)cc3)cc2)nc1F. The molecular formula is C23H22F3NO. The molecule has 0 fully saturated rings. The van der Waals surface area contributed by atoms with E-state index < -0.39 is 17.4 Å². The van der Waals surface area contributed by atoms with E-state index in [-0.39, 0.29) is 12.2 Å². The van der Waals surface area contributed by atoms with E-state index in [1.165, 1.54) is 6.07 Å². The van der Waals surface area contributed by atoms with Gasteiger partial charge in [-0.15, -0.1) is 0 Å². The van der Waals surface area contributed by atoms with Crippen LogP contribution in [0.1, 0.15) is 38.2 Å². The molecule has 5 heteroatoms. The maximum Gasteiger partial charge on any atom is 0.277 e. The quantitative estimate of drug-likeness (QED) is 0.353. The second-order valence-electron chi connectivity index (χ2n) is 6.82. The first kappa shape index (κ1) is 19.9. The van der Waals surface area contributed by atoms with Crippen LogP contribution in [0.2, 0.25) is 0 Å². The number of phenolic OH excluding ortho intramolecular Hbond substituents is 1. The van der Waals surface area contributed by atoms with Crippen LogP contribution in [0.5, 0.6) is 5.75 Å². The monoisotopic (exact) mass is 385 g/mol. The minimum atomic E-state index is -3.21. The number of unbranched alkanes of at least 4 members (excludes halogenated alkanes) is 2. The van der Waals surface area contributed by atoms with Crippen LogP contribution < -0.4 is 0 Å². The largest absolute Gasteiger partial charge is 0.508 e. The molecule has 0 atom stereocenters. The summed E-state index contributed by atoms with van der Waals surface area (Å²) in [4.78, 5) is 3.77. The second kappa shape index (κ2) is 8.46. The van der Waals surface area contributed by atoms with Gasteiger partial charge < -0.3 is 5.11 Å². The van der Waals surface area contributed by atoms with Crippen LogP contribution in [0.25, 0.3) is 22.4 Å². The van der Waals surface area contributed by atoms with Gasteiger partial charge in [-0.05, 0) is 41.8 Å². The summed E-state index contributed by atoms with van der Waals surface area (Å²) in [6.07, 6.45) is 1.50. The number of phenols is 1. The van der Waals surface area contributed by atoms with Crippen molar-refractivity contribution in [1.29, 1.82) is 0 Å². The van der Waals surface area contributed by atoms with Crippen LogP contribution in [0.15, 0.2) is 60.7 Å². The Kier molecular flexibility index (Phi) is 6.02. The van der Waals surface area contributed by atoms with Crippen molar-refractivity contribution in [1.82, 2.24) is 4.98 Å². The first-order chi connectivity index (χ1) is 13.4. The molecule has 1 N–H and O–H groups in total. The zero-order valence-corrected chi connectivity index (χ0v) is 15.6. The fraction of sp³-hybridized carbons (Fsp3) is 0.261. The van der Waals surface area contributed by atoms with Gasteiger partial charge >= 0.3 is 0 Å². The summed E-state index contributed by atoms with van der Waals surface area (Å²) in [5, 5.41) is 9.37. The number of alkyl halides is 2. The van der Waals surface area contributed by atoms with E-state index >= 15 is 0 Å². The number of benzene rings is 2. The van der Waals surface area contributed by atoms with Gasteiger partial charge in [0.1, 0.15) is 5.75 Å². The molecule has 0 radical (unpaired) electrons. The van der Waals surface area contributed by atoms with E-state index in [9.17, 15) is 18.3 Å². The number of hydrogen-bond donors (Lipinski definition) is 1. The van der Waals surface area contributed by atoms with Gasteiger partial charge in [0.2, 0.25) is 5.95 Å². The molecule has 0 saturated carbocycles. The lowest BCUT2D eigenvalue weighted by Crippen LogP contribution is -2.16. The number of halogens is 3. The second-order valence-corrected chi connectivity index (χ2v) is 6.82. The summed E-state index contributed by atoms with van der Waals surface area (Å²) in [6.45, 7) is 1.93. The molecule has 3 aromatic rings. The lowest BCUT2D eigenvalue weighted by Gasteiger charge is -2.17. The molecule has 0 aliphatic heterocycles. The molecule has 28 heavy (non-hydrogen) atoms. The van der Waals surface area contributed by atoms with Gasteiger partial charge in [0.05, 0.1) is 11.3 Å². The minimum absolute atomic E-state index is 0.187. The molecule has 0 saturated heterocycles. The molecule has 146 valence electrons. The number of rotatable bonds is 7. The van der Waals surface area contributed by atoms with Gasteiger partial charge in [-0.1, -0.05) is 56.2 Å². The molecule has 0 aliphatic rings. The first-order valence-corrected chi connectivity index (χ1v) is 9.35. The van der Waals surface area contributed by atoms with Gasteiger partial charge in [0.15, 0.2) is 0 Å². The standard InChI is InChI=1S/C23H22F3NO/c1-2-3-4-15-23(25,26)20-13-14-21(27-22(20)24)18-7-5-16(6-8-18)17-9-11-19(28)12-10-17/h5-14,28H,2-4,15H2,1H3. The van der Waals surface area contributed by atoms with Crippen LogP contribution in [0, 0.1) is 5.95 Å². The van der Waals surface area contributed by atoms with Gasteiger partial charge in [-0.2, -0.15) is 4.39 Å². The third-order valence-corrected chi connectivity index (χ3v) is 4.72. The number of aromatic nitrogens is 1. The van der Waals surface area contributed by atoms with Crippen molar-refractivity contribution in [2.45, 2.75) is 38.5 Å². The molecule has 0 unspecified atom stereocenters. The maximum absolute atomic E-state index is 14.3. The molecule has 2 aromatic carbocycles. The summed E-state index contributed by atoms with van der Waals surface area (Å²) < 4.78 is 42.8. The van der Waals surface area contributed by atoms with Crippen molar-refractivity contribution < 1.29 is 18.3 Å². The normalized spacial score (nSPS) is 11.6. The van der Waals surface area contributed by atoms with Crippen LogP contribution in [0.4, 0.5) is 13.2 Å². The van der Waals surface area contributed by atoms with E-state index in [1.54, 1.807) is 36.4 Å². The third kappa shape index (κ3) is 4.53. The average Bonchev–Trinajstić information content (AvgIpc) is 2.68.